The van der Waals surface area contributed by atoms with Gasteiger partial charge in [0.25, 0.3) is 0 Å². The molecule has 2 fully saturated rings. The van der Waals surface area contributed by atoms with E-state index < -0.39 is 5.97 Å². The Morgan fingerprint density at radius 2 is 1.35 bits per heavy atom. The molecule has 0 bridgehead atoms. The highest BCUT2D eigenvalue weighted by molar-refractivity contribution is 5.92. The zero-order valence-corrected chi connectivity index (χ0v) is 14.1. The summed E-state index contributed by atoms with van der Waals surface area (Å²) in [6.07, 6.45) is 11.8. The highest BCUT2D eigenvalue weighted by Gasteiger charge is 2.28. The van der Waals surface area contributed by atoms with E-state index in [1.165, 1.54) is 38.5 Å². The number of hydrogen-bond acceptors (Lipinski definition) is 2. The molecule has 126 valence electrons. The van der Waals surface area contributed by atoms with E-state index in [4.69, 9.17) is 4.74 Å². The molecule has 0 atom stereocenters. The second-order valence-corrected chi connectivity index (χ2v) is 7.16. The van der Waals surface area contributed by atoms with Crippen LogP contribution < -0.4 is 4.74 Å². The van der Waals surface area contributed by atoms with Crippen molar-refractivity contribution in [1.29, 1.82) is 0 Å². The predicted molar refractivity (Wildman–Crippen MR) is 91.6 cm³/mol. The Kier molecular flexibility index (Phi) is 5.24. The van der Waals surface area contributed by atoms with E-state index in [9.17, 15) is 9.90 Å². The zero-order chi connectivity index (χ0) is 16.2. The molecule has 23 heavy (non-hydrogen) atoms. The summed E-state index contributed by atoms with van der Waals surface area (Å²) in [5, 5.41) is 9.93. The molecule has 3 nitrogen and oxygen atoms in total. The number of carboxylic acids is 1. The molecule has 0 spiro atoms. The van der Waals surface area contributed by atoms with Gasteiger partial charge >= 0.3 is 5.97 Å². The lowest BCUT2D eigenvalue weighted by Gasteiger charge is -2.29. The topological polar surface area (TPSA) is 46.5 Å². The monoisotopic (exact) mass is 316 g/mol. The molecule has 0 radical (unpaired) electrons. The summed E-state index contributed by atoms with van der Waals surface area (Å²) in [5.41, 5.74) is 2.64. The van der Waals surface area contributed by atoms with Gasteiger partial charge in [-0.3, -0.25) is 0 Å². The van der Waals surface area contributed by atoms with Crippen molar-refractivity contribution in [3.63, 3.8) is 0 Å². The highest BCUT2D eigenvalue weighted by atomic mass is 16.5. The first kappa shape index (κ1) is 16.4. The van der Waals surface area contributed by atoms with Crippen LogP contribution in [0.3, 0.4) is 0 Å². The Balaban J connectivity index is 2.06. The van der Waals surface area contributed by atoms with Crippen LogP contribution in [0.15, 0.2) is 12.1 Å². The molecule has 2 aliphatic rings. The Hall–Kier alpha value is -1.51. The maximum atomic E-state index is 12.1. The van der Waals surface area contributed by atoms with Crippen LogP contribution in [0, 0.1) is 0 Å². The van der Waals surface area contributed by atoms with Crippen LogP contribution in [0.2, 0.25) is 0 Å². The van der Waals surface area contributed by atoms with Crippen molar-refractivity contribution in [2.24, 2.45) is 0 Å². The Bertz CT molecular complexity index is 513. The molecular weight excluding hydrogens is 288 g/mol. The van der Waals surface area contributed by atoms with E-state index in [0.29, 0.717) is 17.4 Å². The maximum Gasteiger partial charge on any atom is 0.336 e. The number of carboxylic acid groups (broad SMARTS) is 1. The average Bonchev–Trinajstić information content (AvgIpc) is 2.62. The van der Waals surface area contributed by atoms with Gasteiger partial charge < -0.3 is 9.84 Å². The molecule has 2 saturated carbocycles. The van der Waals surface area contributed by atoms with Gasteiger partial charge in [-0.25, -0.2) is 4.79 Å². The number of benzene rings is 1. The average molecular weight is 316 g/mol. The van der Waals surface area contributed by atoms with Gasteiger partial charge in [-0.2, -0.15) is 0 Å². The third-order valence-corrected chi connectivity index (χ3v) is 5.71. The van der Waals surface area contributed by atoms with E-state index >= 15 is 0 Å². The van der Waals surface area contributed by atoms with Crippen LogP contribution in [0.4, 0.5) is 0 Å². The summed E-state index contributed by atoms with van der Waals surface area (Å²) < 4.78 is 5.52. The van der Waals surface area contributed by atoms with E-state index in [2.05, 4.69) is 0 Å². The second kappa shape index (κ2) is 7.37. The van der Waals surface area contributed by atoms with Gasteiger partial charge in [0.15, 0.2) is 0 Å². The minimum atomic E-state index is -0.756. The SMILES string of the molecule is COc1cc(C2CCCCC2)c(C(=O)O)c(C2CCCCC2)c1. The number of ether oxygens (including phenoxy) is 1. The molecule has 1 aromatic carbocycles. The Morgan fingerprint density at radius 1 is 0.913 bits per heavy atom. The van der Waals surface area contributed by atoms with Crippen LogP contribution >= 0.6 is 0 Å². The highest BCUT2D eigenvalue weighted by Crippen LogP contribution is 2.42. The number of methoxy groups -OCH3 is 1. The van der Waals surface area contributed by atoms with E-state index in [0.717, 1.165) is 42.6 Å². The molecule has 0 aromatic heterocycles. The van der Waals surface area contributed by atoms with Crippen LogP contribution in [0.1, 0.15) is 97.5 Å². The van der Waals surface area contributed by atoms with Gasteiger partial charge in [0, 0.05) is 0 Å². The number of carbonyl (C=O) groups is 1. The third-order valence-electron chi connectivity index (χ3n) is 5.71. The fraction of sp³-hybridized carbons (Fsp3) is 0.650. The first-order valence-electron chi connectivity index (χ1n) is 9.16. The van der Waals surface area contributed by atoms with E-state index in [1.54, 1.807) is 7.11 Å². The third kappa shape index (κ3) is 3.54. The summed E-state index contributed by atoms with van der Waals surface area (Å²) in [5.74, 6) is 0.838. The molecule has 3 heteroatoms. The largest absolute Gasteiger partial charge is 0.497 e. The summed E-state index contributed by atoms with van der Waals surface area (Å²) in [6.45, 7) is 0. The number of rotatable bonds is 4. The quantitative estimate of drug-likeness (QED) is 0.799. The lowest BCUT2D eigenvalue weighted by atomic mass is 9.76. The predicted octanol–water partition coefficient (Wildman–Crippen LogP) is 5.49. The fourth-order valence-corrected chi connectivity index (χ4v) is 4.50. The number of aromatic carboxylic acids is 1. The van der Waals surface area contributed by atoms with E-state index in [1.807, 2.05) is 12.1 Å². The molecule has 0 unspecified atom stereocenters. The van der Waals surface area contributed by atoms with Gasteiger partial charge in [0.05, 0.1) is 12.7 Å². The van der Waals surface area contributed by atoms with Gasteiger partial charge in [0.2, 0.25) is 0 Å². The van der Waals surface area contributed by atoms with Crippen molar-refractivity contribution in [1.82, 2.24) is 0 Å². The Labute approximate surface area is 139 Å². The van der Waals surface area contributed by atoms with Crippen LogP contribution in [-0.4, -0.2) is 18.2 Å². The molecule has 2 aliphatic carbocycles. The molecule has 3 rings (SSSR count). The van der Waals surface area contributed by atoms with Crippen LogP contribution in [0.25, 0.3) is 0 Å². The van der Waals surface area contributed by atoms with Gasteiger partial charge in [-0.15, -0.1) is 0 Å². The smallest absolute Gasteiger partial charge is 0.336 e. The minimum absolute atomic E-state index is 0.382. The van der Waals surface area contributed by atoms with Crippen molar-refractivity contribution in [3.05, 3.63) is 28.8 Å². The fourth-order valence-electron chi connectivity index (χ4n) is 4.50. The van der Waals surface area contributed by atoms with Crippen molar-refractivity contribution in [2.45, 2.75) is 76.0 Å². The summed E-state index contributed by atoms with van der Waals surface area (Å²) >= 11 is 0. The minimum Gasteiger partial charge on any atom is -0.497 e. The summed E-state index contributed by atoms with van der Waals surface area (Å²) in [4.78, 5) is 12.1. The lowest BCUT2D eigenvalue weighted by Crippen LogP contribution is -2.16. The molecule has 0 saturated heterocycles. The van der Waals surface area contributed by atoms with Crippen molar-refractivity contribution in [3.8, 4) is 5.75 Å². The summed E-state index contributed by atoms with van der Waals surface area (Å²) in [7, 11) is 1.69. The molecular formula is C20H28O3. The number of hydrogen-bond donors (Lipinski definition) is 1. The molecule has 0 amide bonds. The van der Waals surface area contributed by atoms with Crippen LogP contribution in [-0.2, 0) is 0 Å². The van der Waals surface area contributed by atoms with Crippen molar-refractivity contribution in [2.75, 3.05) is 7.11 Å². The van der Waals surface area contributed by atoms with Crippen LogP contribution in [0.5, 0.6) is 5.75 Å². The summed E-state index contributed by atoms with van der Waals surface area (Å²) in [6, 6.07) is 3.98. The first-order valence-corrected chi connectivity index (χ1v) is 9.16. The molecule has 0 heterocycles. The van der Waals surface area contributed by atoms with Gasteiger partial charge in [0.1, 0.15) is 5.75 Å². The molecule has 1 aromatic rings. The molecule has 0 aliphatic heterocycles. The zero-order valence-electron chi connectivity index (χ0n) is 14.1. The Morgan fingerprint density at radius 3 is 1.70 bits per heavy atom. The first-order chi connectivity index (χ1) is 11.2. The standard InChI is InChI=1S/C20H28O3/c1-23-16-12-17(14-8-4-2-5-9-14)19(20(21)22)18(13-16)15-10-6-3-7-11-15/h12-15H,2-11H2,1H3,(H,21,22). The van der Waals surface area contributed by atoms with E-state index in [-0.39, 0.29) is 0 Å². The second-order valence-electron chi connectivity index (χ2n) is 7.16. The maximum absolute atomic E-state index is 12.1. The molecule has 1 N–H and O–H groups in total. The van der Waals surface area contributed by atoms with Crippen molar-refractivity contribution < 1.29 is 14.6 Å². The normalized spacial score (nSPS) is 20.4. The van der Waals surface area contributed by atoms with Gasteiger partial charge in [-0.05, 0) is 60.8 Å². The van der Waals surface area contributed by atoms with Gasteiger partial charge in [-0.1, -0.05) is 38.5 Å². The lowest BCUT2D eigenvalue weighted by molar-refractivity contribution is 0.0692. The van der Waals surface area contributed by atoms with Crippen molar-refractivity contribution >= 4 is 5.97 Å².